The lowest BCUT2D eigenvalue weighted by molar-refractivity contribution is -0.126. The quantitative estimate of drug-likeness (QED) is 0.685. The van der Waals surface area contributed by atoms with E-state index in [4.69, 9.17) is 27.7 Å². The maximum atomic E-state index is 12.9. The fraction of sp³-hybridized carbons (Fsp3) is 0.500. The van der Waals surface area contributed by atoms with Crippen LogP contribution in [0, 0.1) is 19.8 Å². The number of nitrogens with one attached hydrogen (secondary N) is 1. The van der Waals surface area contributed by atoms with E-state index in [1.807, 2.05) is 6.92 Å². The predicted molar refractivity (Wildman–Crippen MR) is 115 cm³/mol. The zero-order valence-electron chi connectivity index (χ0n) is 17.1. The van der Waals surface area contributed by atoms with Crippen molar-refractivity contribution in [2.75, 3.05) is 19.6 Å². The van der Waals surface area contributed by atoms with E-state index in [0.717, 1.165) is 5.56 Å². The molecule has 0 bridgehead atoms. The summed E-state index contributed by atoms with van der Waals surface area (Å²) in [7, 11) is -3.68. The number of rotatable bonds is 6. The second-order valence-electron chi connectivity index (χ2n) is 7.61. The Morgan fingerprint density at radius 1 is 1.27 bits per heavy atom. The number of hydrogen-bond acceptors (Lipinski definition) is 5. The Hall–Kier alpha value is -1.61. The van der Waals surface area contributed by atoms with Gasteiger partial charge in [0.15, 0.2) is 5.76 Å². The third kappa shape index (κ3) is 4.66. The topological polar surface area (TPSA) is 92.5 Å². The summed E-state index contributed by atoms with van der Waals surface area (Å²) in [6.45, 7) is 6.09. The molecule has 164 valence electrons. The van der Waals surface area contributed by atoms with Crippen LogP contribution in [0.5, 0.6) is 0 Å². The van der Waals surface area contributed by atoms with Crippen molar-refractivity contribution in [3.63, 3.8) is 0 Å². The first-order valence-corrected chi connectivity index (χ1v) is 12.0. The standard InChI is InChI=1S/C20H25Cl2N3O4S/c1-12(18-16(21)5-4-6-17(18)22)11-23-20(26)15-7-9-25(10-8-15)30(27,28)19-13(2)24-29-14(19)3/h4-6,12,15H,7-11H2,1-3H3,(H,23,26). The van der Waals surface area contributed by atoms with Crippen LogP contribution in [0.1, 0.15) is 42.7 Å². The van der Waals surface area contributed by atoms with Crippen molar-refractivity contribution in [1.29, 1.82) is 0 Å². The molecule has 0 radical (unpaired) electrons. The van der Waals surface area contributed by atoms with Crippen LogP contribution in [0.15, 0.2) is 27.6 Å². The molecule has 1 aromatic carbocycles. The van der Waals surface area contributed by atoms with Crippen LogP contribution in [0.2, 0.25) is 10.0 Å². The van der Waals surface area contributed by atoms with E-state index in [2.05, 4.69) is 10.5 Å². The highest BCUT2D eigenvalue weighted by molar-refractivity contribution is 7.89. The van der Waals surface area contributed by atoms with Gasteiger partial charge in [-0.15, -0.1) is 0 Å². The number of hydrogen-bond donors (Lipinski definition) is 1. The van der Waals surface area contributed by atoms with Crippen LogP contribution < -0.4 is 5.32 Å². The molecule has 30 heavy (non-hydrogen) atoms. The number of aryl methyl sites for hydroxylation is 2. The highest BCUT2D eigenvalue weighted by Crippen LogP contribution is 2.31. The maximum absolute atomic E-state index is 12.9. The molecule has 2 aromatic rings. The number of carbonyl (C=O) groups is 1. The highest BCUT2D eigenvalue weighted by atomic mass is 35.5. The lowest BCUT2D eigenvalue weighted by Gasteiger charge is -2.30. The first-order valence-electron chi connectivity index (χ1n) is 9.77. The monoisotopic (exact) mass is 473 g/mol. The smallest absolute Gasteiger partial charge is 0.248 e. The fourth-order valence-electron chi connectivity index (χ4n) is 3.81. The molecule has 1 unspecified atom stereocenters. The van der Waals surface area contributed by atoms with Crippen molar-refractivity contribution in [3.05, 3.63) is 45.3 Å². The molecule has 0 aliphatic carbocycles. The number of aromatic nitrogens is 1. The minimum atomic E-state index is -3.68. The van der Waals surface area contributed by atoms with Crippen molar-refractivity contribution >= 4 is 39.1 Å². The molecule has 1 amide bonds. The third-order valence-electron chi connectivity index (χ3n) is 5.47. The Labute approximate surface area is 186 Å². The van der Waals surface area contributed by atoms with Crippen LogP contribution in [-0.2, 0) is 14.8 Å². The number of carbonyl (C=O) groups excluding carboxylic acids is 1. The Morgan fingerprint density at radius 2 is 1.87 bits per heavy atom. The van der Waals surface area contributed by atoms with Crippen molar-refractivity contribution in [1.82, 2.24) is 14.8 Å². The van der Waals surface area contributed by atoms with E-state index in [1.165, 1.54) is 4.31 Å². The van der Waals surface area contributed by atoms with E-state index >= 15 is 0 Å². The summed E-state index contributed by atoms with van der Waals surface area (Å²) >= 11 is 12.5. The molecule has 1 saturated heterocycles. The number of nitrogens with zero attached hydrogens (tertiary/aromatic N) is 2. The Kier molecular flexibility index (Phi) is 7.12. The minimum Gasteiger partial charge on any atom is -0.360 e. The Balaban J connectivity index is 1.57. The van der Waals surface area contributed by atoms with E-state index in [9.17, 15) is 13.2 Å². The van der Waals surface area contributed by atoms with Gasteiger partial charge in [-0.1, -0.05) is 41.3 Å². The number of halogens is 2. The summed E-state index contributed by atoms with van der Waals surface area (Å²) in [5.41, 5.74) is 1.15. The van der Waals surface area contributed by atoms with Gasteiger partial charge in [0.25, 0.3) is 0 Å². The third-order valence-corrected chi connectivity index (χ3v) is 8.27. The summed E-state index contributed by atoms with van der Waals surface area (Å²) in [4.78, 5) is 12.7. The lowest BCUT2D eigenvalue weighted by Crippen LogP contribution is -2.43. The molecule has 1 aromatic heterocycles. The van der Waals surface area contributed by atoms with E-state index in [-0.39, 0.29) is 41.5 Å². The molecular weight excluding hydrogens is 449 g/mol. The Morgan fingerprint density at radius 3 is 2.40 bits per heavy atom. The number of benzene rings is 1. The van der Waals surface area contributed by atoms with Gasteiger partial charge in [0.1, 0.15) is 10.6 Å². The fourth-order valence-corrected chi connectivity index (χ4v) is 6.34. The second-order valence-corrected chi connectivity index (χ2v) is 10.3. The van der Waals surface area contributed by atoms with Gasteiger partial charge in [0.05, 0.1) is 0 Å². The molecule has 1 fully saturated rings. The van der Waals surface area contributed by atoms with Gasteiger partial charge in [-0.3, -0.25) is 4.79 Å². The molecular formula is C20H25Cl2N3O4S. The molecule has 0 saturated carbocycles. The summed E-state index contributed by atoms with van der Waals surface area (Å²) < 4.78 is 32.2. The lowest BCUT2D eigenvalue weighted by atomic mass is 9.96. The van der Waals surface area contributed by atoms with E-state index < -0.39 is 10.0 Å². The van der Waals surface area contributed by atoms with Gasteiger partial charge < -0.3 is 9.84 Å². The molecule has 7 nitrogen and oxygen atoms in total. The van der Waals surface area contributed by atoms with Gasteiger partial charge in [-0.2, -0.15) is 4.31 Å². The molecule has 3 rings (SSSR count). The molecule has 10 heteroatoms. The van der Waals surface area contributed by atoms with Crippen molar-refractivity contribution < 1.29 is 17.7 Å². The minimum absolute atomic E-state index is 0.0461. The summed E-state index contributed by atoms with van der Waals surface area (Å²) in [6, 6.07) is 5.33. The van der Waals surface area contributed by atoms with Gasteiger partial charge in [0.2, 0.25) is 15.9 Å². The van der Waals surface area contributed by atoms with Gasteiger partial charge in [-0.05, 0) is 44.4 Å². The largest absolute Gasteiger partial charge is 0.360 e. The molecule has 1 aliphatic rings. The van der Waals surface area contributed by atoms with Crippen LogP contribution >= 0.6 is 23.2 Å². The first-order chi connectivity index (χ1) is 14.1. The first kappa shape index (κ1) is 23.1. The number of amides is 1. The average molecular weight is 474 g/mol. The van der Waals surface area contributed by atoms with Crippen LogP contribution in [0.25, 0.3) is 0 Å². The van der Waals surface area contributed by atoms with E-state index in [0.29, 0.717) is 35.1 Å². The molecule has 2 heterocycles. The Bertz CT molecular complexity index is 991. The van der Waals surface area contributed by atoms with Crippen molar-refractivity contribution in [2.24, 2.45) is 5.92 Å². The van der Waals surface area contributed by atoms with Crippen LogP contribution in [0.4, 0.5) is 0 Å². The number of sulfonamides is 1. The van der Waals surface area contributed by atoms with Gasteiger partial charge in [0, 0.05) is 41.5 Å². The summed E-state index contributed by atoms with van der Waals surface area (Å²) in [5.74, 6) is -0.0933. The molecule has 1 N–H and O–H groups in total. The zero-order chi connectivity index (χ0) is 22.1. The molecule has 0 spiro atoms. The zero-order valence-corrected chi connectivity index (χ0v) is 19.4. The second kappa shape index (κ2) is 9.26. The molecule has 1 atom stereocenters. The van der Waals surface area contributed by atoms with Crippen molar-refractivity contribution in [3.8, 4) is 0 Å². The van der Waals surface area contributed by atoms with Crippen LogP contribution in [0.3, 0.4) is 0 Å². The summed E-state index contributed by atoms with van der Waals surface area (Å²) in [6.07, 6.45) is 0.908. The summed E-state index contributed by atoms with van der Waals surface area (Å²) in [5, 5.41) is 7.83. The van der Waals surface area contributed by atoms with Crippen LogP contribution in [-0.4, -0.2) is 43.4 Å². The predicted octanol–water partition coefficient (Wildman–Crippen LogP) is 3.92. The van der Waals surface area contributed by atoms with E-state index in [1.54, 1.807) is 32.0 Å². The van der Waals surface area contributed by atoms with Gasteiger partial charge in [-0.25, -0.2) is 8.42 Å². The van der Waals surface area contributed by atoms with Gasteiger partial charge >= 0.3 is 0 Å². The number of piperidine rings is 1. The SMILES string of the molecule is Cc1noc(C)c1S(=O)(=O)N1CCC(C(=O)NCC(C)c2c(Cl)cccc2Cl)CC1. The molecule has 1 aliphatic heterocycles. The maximum Gasteiger partial charge on any atom is 0.248 e. The average Bonchev–Trinajstić information content (AvgIpc) is 3.05. The highest BCUT2D eigenvalue weighted by Gasteiger charge is 2.35. The van der Waals surface area contributed by atoms with Crippen molar-refractivity contribution in [2.45, 2.75) is 44.4 Å². The normalized spacial score (nSPS) is 17.1.